The Hall–Kier alpha value is -1.89. The van der Waals surface area contributed by atoms with E-state index in [9.17, 15) is 14.4 Å². The second-order valence-electron chi connectivity index (χ2n) is 4.17. The van der Waals surface area contributed by atoms with Crippen molar-refractivity contribution in [3.05, 3.63) is 22.4 Å². The normalized spacial score (nSPS) is 11.6. The average molecular weight is 298 g/mol. The summed E-state index contributed by atoms with van der Waals surface area (Å²) in [6.45, 7) is 3.41. The highest BCUT2D eigenvalue weighted by Gasteiger charge is 2.22. The molecule has 1 heterocycles. The smallest absolute Gasteiger partial charge is 0.325 e. The van der Waals surface area contributed by atoms with Gasteiger partial charge in [0.05, 0.1) is 11.5 Å². The fourth-order valence-corrected chi connectivity index (χ4v) is 2.17. The van der Waals surface area contributed by atoms with Gasteiger partial charge in [0.25, 0.3) is 5.91 Å². The van der Waals surface area contributed by atoms with Crippen LogP contribution in [0.4, 0.5) is 0 Å². The molecule has 0 bridgehead atoms. The van der Waals surface area contributed by atoms with Crippen molar-refractivity contribution in [1.29, 1.82) is 0 Å². The van der Waals surface area contributed by atoms with E-state index < -0.39 is 12.0 Å². The minimum atomic E-state index is -0.705. The quantitative estimate of drug-likeness (QED) is 0.791. The third-order valence-corrected chi connectivity index (χ3v) is 3.38. The predicted octanol–water partition coefficient (Wildman–Crippen LogP) is 0.888. The molecule has 1 unspecified atom stereocenters. The van der Waals surface area contributed by atoms with E-state index in [1.165, 1.54) is 23.3 Å². The van der Waals surface area contributed by atoms with Crippen LogP contribution in [0.2, 0.25) is 0 Å². The maximum absolute atomic E-state index is 12.0. The zero-order valence-electron chi connectivity index (χ0n) is 11.7. The summed E-state index contributed by atoms with van der Waals surface area (Å²) >= 11 is 1.30. The Labute approximate surface area is 121 Å². The molecule has 0 fully saturated rings. The van der Waals surface area contributed by atoms with E-state index in [0.717, 1.165) is 0 Å². The van der Waals surface area contributed by atoms with Gasteiger partial charge in [0, 0.05) is 7.05 Å². The van der Waals surface area contributed by atoms with Gasteiger partial charge in [0.15, 0.2) is 0 Å². The lowest BCUT2D eigenvalue weighted by Gasteiger charge is -2.21. The van der Waals surface area contributed by atoms with Crippen LogP contribution >= 0.6 is 11.3 Å². The number of thiophene rings is 1. The number of carbonyl (C=O) groups is 3. The Morgan fingerprint density at radius 3 is 2.70 bits per heavy atom. The summed E-state index contributed by atoms with van der Waals surface area (Å²) in [5.41, 5.74) is 0. The molecule has 1 rings (SSSR count). The van der Waals surface area contributed by atoms with Crippen molar-refractivity contribution in [3.8, 4) is 0 Å². The SMILES string of the molecule is CCOC(=O)CN(C)C(=O)C(C)NC(=O)c1cccs1. The van der Waals surface area contributed by atoms with Crippen LogP contribution in [0.1, 0.15) is 23.5 Å². The monoisotopic (exact) mass is 298 g/mol. The number of amides is 2. The molecular weight excluding hydrogens is 280 g/mol. The lowest BCUT2D eigenvalue weighted by atomic mass is 10.2. The van der Waals surface area contributed by atoms with Crippen LogP contribution in [0.5, 0.6) is 0 Å². The fraction of sp³-hybridized carbons (Fsp3) is 0.462. The molecule has 20 heavy (non-hydrogen) atoms. The number of ether oxygens (including phenoxy) is 1. The van der Waals surface area contributed by atoms with E-state index in [1.807, 2.05) is 0 Å². The zero-order valence-corrected chi connectivity index (χ0v) is 12.5. The Morgan fingerprint density at radius 1 is 1.45 bits per heavy atom. The van der Waals surface area contributed by atoms with Gasteiger partial charge in [0.1, 0.15) is 12.6 Å². The first-order valence-electron chi connectivity index (χ1n) is 6.20. The van der Waals surface area contributed by atoms with Gasteiger partial charge in [-0.1, -0.05) is 6.07 Å². The number of esters is 1. The number of carbonyl (C=O) groups excluding carboxylic acids is 3. The van der Waals surface area contributed by atoms with Gasteiger partial charge in [-0.05, 0) is 25.3 Å². The largest absolute Gasteiger partial charge is 0.465 e. The lowest BCUT2D eigenvalue weighted by Crippen LogP contribution is -2.46. The average Bonchev–Trinajstić information content (AvgIpc) is 2.91. The number of hydrogen-bond donors (Lipinski definition) is 1. The van der Waals surface area contributed by atoms with E-state index >= 15 is 0 Å². The summed E-state index contributed by atoms with van der Waals surface area (Å²) in [4.78, 5) is 36.9. The topological polar surface area (TPSA) is 75.7 Å². The lowest BCUT2D eigenvalue weighted by molar-refractivity contribution is -0.148. The van der Waals surface area contributed by atoms with Crippen molar-refractivity contribution in [2.24, 2.45) is 0 Å². The van der Waals surface area contributed by atoms with Gasteiger partial charge < -0.3 is 15.0 Å². The van der Waals surface area contributed by atoms with Crippen LogP contribution in [-0.4, -0.2) is 48.9 Å². The molecule has 0 aliphatic rings. The van der Waals surface area contributed by atoms with Crippen molar-refractivity contribution >= 4 is 29.1 Å². The van der Waals surface area contributed by atoms with E-state index in [0.29, 0.717) is 4.88 Å². The number of hydrogen-bond acceptors (Lipinski definition) is 5. The fourth-order valence-electron chi connectivity index (χ4n) is 1.55. The molecule has 110 valence electrons. The van der Waals surface area contributed by atoms with E-state index in [4.69, 9.17) is 4.74 Å². The van der Waals surface area contributed by atoms with Crippen LogP contribution < -0.4 is 5.32 Å². The van der Waals surface area contributed by atoms with Crippen molar-refractivity contribution in [2.45, 2.75) is 19.9 Å². The molecule has 0 saturated heterocycles. The van der Waals surface area contributed by atoms with Crippen LogP contribution in [0.25, 0.3) is 0 Å². The molecule has 0 saturated carbocycles. The van der Waals surface area contributed by atoms with E-state index in [-0.39, 0.29) is 25.0 Å². The third-order valence-electron chi connectivity index (χ3n) is 2.51. The number of likely N-dealkylation sites (N-methyl/N-ethyl adjacent to an activating group) is 1. The zero-order chi connectivity index (χ0) is 15.1. The minimum absolute atomic E-state index is 0.133. The summed E-state index contributed by atoms with van der Waals surface area (Å²) in [7, 11) is 1.49. The van der Waals surface area contributed by atoms with E-state index in [2.05, 4.69) is 5.32 Å². The second kappa shape index (κ2) is 7.64. The highest BCUT2D eigenvalue weighted by atomic mass is 32.1. The molecule has 6 nitrogen and oxygen atoms in total. The first-order chi connectivity index (χ1) is 9.45. The molecule has 0 aromatic carbocycles. The van der Waals surface area contributed by atoms with Gasteiger partial charge >= 0.3 is 5.97 Å². The molecule has 7 heteroatoms. The minimum Gasteiger partial charge on any atom is -0.465 e. The van der Waals surface area contributed by atoms with Gasteiger partial charge in [0.2, 0.25) is 5.91 Å². The summed E-state index contributed by atoms with van der Waals surface area (Å²) < 4.78 is 4.76. The van der Waals surface area contributed by atoms with Crippen molar-refractivity contribution in [1.82, 2.24) is 10.2 Å². The number of rotatable bonds is 6. The summed E-state index contributed by atoms with van der Waals surface area (Å²) in [5.74, 6) is -1.12. The molecule has 1 aromatic heterocycles. The van der Waals surface area contributed by atoms with Gasteiger partial charge in [-0.15, -0.1) is 11.3 Å². The van der Waals surface area contributed by atoms with Crippen LogP contribution in [0.3, 0.4) is 0 Å². The summed E-state index contributed by atoms with van der Waals surface area (Å²) in [6, 6.07) is 2.74. The first-order valence-corrected chi connectivity index (χ1v) is 7.08. The van der Waals surface area contributed by atoms with Gasteiger partial charge in [-0.2, -0.15) is 0 Å². The predicted molar refractivity (Wildman–Crippen MR) is 75.5 cm³/mol. The first kappa shape index (κ1) is 16.2. The summed E-state index contributed by atoms with van der Waals surface area (Å²) in [5, 5.41) is 4.38. The molecule has 0 aliphatic heterocycles. The van der Waals surface area contributed by atoms with Crippen LogP contribution in [-0.2, 0) is 14.3 Å². The maximum Gasteiger partial charge on any atom is 0.325 e. The van der Waals surface area contributed by atoms with Gasteiger partial charge in [-0.25, -0.2) is 0 Å². The van der Waals surface area contributed by atoms with Crippen LogP contribution in [0, 0.1) is 0 Å². The molecular formula is C13H18N2O4S. The third kappa shape index (κ3) is 4.65. The highest BCUT2D eigenvalue weighted by molar-refractivity contribution is 7.12. The van der Waals surface area contributed by atoms with Crippen molar-refractivity contribution in [2.75, 3.05) is 20.2 Å². The highest BCUT2D eigenvalue weighted by Crippen LogP contribution is 2.08. The Bertz CT molecular complexity index is 473. The van der Waals surface area contributed by atoms with E-state index in [1.54, 1.807) is 31.4 Å². The second-order valence-corrected chi connectivity index (χ2v) is 5.12. The molecule has 1 atom stereocenters. The Kier molecular flexibility index (Phi) is 6.17. The maximum atomic E-state index is 12.0. The van der Waals surface area contributed by atoms with Gasteiger partial charge in [-0.3, -0.25) is 14.4 Å². The molecule has 1 aromatic rings. The molecule has 0 radical (unpaired) electrons. The number of nitrogens with one attached hydrogen (secondary N) is 1. The molecule has 2 amide bonds. The Morgan fingerprint density at radius 2 is 2.15 bits per heavy atom. The summed E-state index contributed by atoms with van der Waals surface area (Å²) in [6.07, 6.45) is 0. The van der Waals surface area contributed by atoms with Crippen molar-refractivity contribution in [3.63, 3.8) is 0 Å². The molecule has 1 N–H and O–H groups in total. The molecule has 0 aliphatic carbocycles. The Balaban J connectivity index is 2.50. The standard InChI is InChI=1S/C13H18N2O4S/c1-4-19-11(16)8-15(3)13(18)9(2)14-12(17)10-6-5-7-20-10/h5-7,9H,4,8H2,1-3H3,(H,14,17). The van der Waals surface area contributed by atoms with Crippen molar-refractivity contribution < 1.29 is 19.1 Å². The number of nitrogens with zero attached hydrogens (tertiary/aromatic N) is 1. The van der Waals surface area contributed by atoms with Crippen LogP contribution in [0.15, 0.2) is 17.5 Å². The molecule has 0 spiro atoms.